The summed E-state index contributed by atoms with van der Waals surface area (Å²) in [6.45, 7) is 4.53. The summed E-state index contributed by atoms with van der Waals surface area (Å²) in [6.07, 6.45) is 7.90. The van der Waals surface area contributed by atoms with E-state index in [1.54, 1.807) is 0 Å². The predicted molar refractivity (Wildman–Crippen MR) is 109 cm³/mol. The lowest BCUT2D eigenvalue weighted by molar-refractivity contribution is -0.132. The Morgan fingerprint density at radius 2 is 2.19 bits per heavy atom. The highest BCUT2D eigenvalue weighted by molar-refractivity contribution is 7.10. The van der Waals surface area contributed by atoms with E-state index in [0.29, 0.717) is 6.42 Å². The van der Waals surface area contributed by atoms with Gasteiger partial charge in [-0.3, -0.25) is 9.79 Å². The molecule has 2 heterocycles. The predicted octanol–water partition coefficient (Wildman–Crippen LogP) is 3.13. The van der Waals surface area contributed by atoms with Crippen LogP contribution in [0.4, 0.5) is 0 Å². The van der Waals surface area contributed by atoms with Gasteiger partial charge in [-0.05, 0) is 37.6 Å². The molecule has 26 heavy (non-hydrogen) atoms. The molecule has 1 aromatic heterocycles. The van der Waals surface area contributed by atoms with Crippen molar-refractivity contribution in [2.75, 3.05) is 26.7 Å². The van der Waals surface area contributed by atoms with Crippen molar-refractivity contribution < 1.29 is 4.79 Å². The van der Waals surface area contributed by atoms with Crippen LogP contribution >= 0.6 is 11.3 Å². The second kappa shape index (κ2) is 8.89. The number of hydrogen-bond acceptors (Lipinski definition) is 3. The van der Waals surface area contributed by atoms with Gasteiger partial charge in [0.2, 0.25) is 5.91 Å². The van der Waals surface area contributed by atoms with E-state index in [0.717, 1.165) is 32.0 Å². The maximum Gasteiger partial charge on any atom is 0.222 e. The van der Waals surface area contributed by atoms with Gasteiger partial charge < -0.3 is 15.5 Å². The van der Waals surface area contributed by atoms with Crippen LogP contribution in [0.15, 0.2) is 22.5 Å². The van der Waals surface area contributed by atoms with Crippen LogP contribution in [-0.2, 0) is 10.2 Å². The highest BCUT2D eigenvalue weighted by atomic mass is 32.1. The first-order valence-corrected chi connectivity index (χ1v) is 10.8. The third kappa shape index (κ3) is 4.58. The lowest BCUT2D eigenvalue weighted by Gasteiger charge is -2.36. The molecule has 1 amide bonds. The zero-order chi connectivity index (χ0) is 18.4. The molecule has 2 aliphatic rings. The second-order valence-electron chi connectivity index (χ2n) is 7.67. The zero-order valence-corrected chi connectivity index (χ0v) is 16.9. The number of rotatable bonds is 5. The summed E-state index contributed by atoms with van der Waals surface area (Å²) in [4.78, 5) is 20.0. The number of thiophene rings is 1. The maximum atomic E-state index is 11.7. The largest absolute Gasteiger partial charge is 0.357 e. The van der Waals surface area contributed by atoms with E-state index in [9.17, 15) is 4.79 Å². The van der Waals surface area contributed by atoms with Crippen LogP contribution in [0.3, 0.4) is 0 Å². The molecule has 1 aromatic rings. The van der Waals surface area contributed by atoms with Crippen molar-refractivity contribution in [1.82, 2.24) is 15.5 Å². The fourth-order valence-electron chi connectivity index (χ4n) is 4.17. The normalized spacial score (nSPS) is 23.8. The summed E-state index contributed by atoms with van der Waals surface area (Å²) < 4.78 is 0. The van der Waals surface area contributed by atoms with Crippen molar-refractivity contribution in [2.45, 2.75) is 63.3 Å². The molecular weight excluding hydrogens is 344 g/mol. The number of piperidine rings is 1. The summed E-state index contributed by atoms with van der Waals surface area (Å²) in [6, 6.07) is 4.73. The van der Waals surface area contributed by atoms with Crippen LogP contribution in [0, 0.1) is 0 Å². The van der Waals surface area contributed by atoms with Crippen molar-refractivity contribution in [2.24, 2.45) is 4.99 Å². The summed E-state index contributed by atoms with van der Waals surface area (Å²) in [5, 5.41) is 9.14. The number of carbonyl (C=O) groups is 1. The van der Waals surface area contributed by atoms with Crippen molar-refractivity contribution in [3.05, 3.63) is 22.4 Å². The monoisotopic (exact) mass is 376 g/mol. The number of likely N-dealkylation sites (N-methyl/N-ethyl adjacent to an activating group) is 1. The molecule has 1 saturated carbocycles. The van der Waals surface area contributed by atoms with Crippen molar-refractivity contribution in [3.63, 3.8) is 0 Å². The summed E-state index contributed by atoms with van der Waals surface area (Å²) in [5.41, 5.74) is 0.202. The van der Waals surface area contributed by atoms with E-state index >= 15 is 0 Å². The SMILES string of the molecule is CCNC(=NCC1(c2cccs2)CCCCC1)NC1CCC(=O)N(C)C1. The van der Waals surface area contributed by atoms with Crippen molar-refractivity contribution in [3.8, 4) is 0 Å². The smallest absolute Gasteiger partial charge is 0.222 e. The van der Waals surface area contributed by atoms with Gasteiger partial charge in [0, 0.05) is 42.9 Å². The van der Waals surface area contributed by atoms with Gasteiger partial charge >= 0.3 is 0 Å². The standard InChI is InChI=1S/C20H32N4OS/c1-3-21-19(23-16-9-10-18(25)24(2)14-16)22-15-20(11-5-4-6-12-20)17-8-7-13-26-17/h7-8,13,16H,3-6,9-12,14-15H2,1-2H3,(H2,21,22,23). The molecule has 6 heteroatoms. The maximum absolute atomic E-state index is 11.7. The summed E-state index contributed by atoms with van der Waals surface area (Å²) in [7, 11) is 1.88. The van der Waals surface area contributed by atoms with E-state index in [1.165, 1.54) is 37.0 Å². The topological polar surface area (TPSA) is 56.7 Å². The molecule has 1 saturated heterocycles. The Bertz CT molecular complexity index is 607. The quantitative estimate of drug-likeness (QED) is 0.613. The first-order chi connectivity index (χ1) is 12.6. The fourth-order valence-corrected chi connectivity index (χ4v) is 5.14. The highest BCUT2D eigenvalue weighted by Gasteiger charge is 2.35. The number of aliphatic imine (C=N–C) groups is 1. The average molecular weight is 377 g/mol. The van der Waals surface area contributed by atoms with Crippen LogP contribution in [-0.4, -0.2) is 49.5 Å². The number of amides is 1. The van der Waals surface area contributed by atoms with E-state index < -0.39 is 0 Å². The van der Waals surface area contributed by atoms with E-state index in [1.807, 2.05) is 23.3 Å². The average Bonchev–Trinajstić information content (AvgIpc) is 3.19. The van der Waals surface area contributed by atoms with Gasteiger partial charge in [0.1, 0.15) is 0 Å². The molecule has 2 N–H and O–H groups in total. The molecule has 1 unspecified atom stereocenters. The Hall–Kier alpha value is -1.56. The first-order valence-electron chi connectivity index (χ1n) is 9.96. The second-order valence-corrected chi connectivity index (χ2v) is 8.62. The molecule has 144 valence electrons. The third-order valence-corrected chi connectivity index (χ3v) is 6.82. The lowest BCUT2D eigenvalue weighted by atomic mass is 9.73. The van der Waals surface area contributed by atoms with Crippen LogP contribution in [0.1, 0.15) is 56.7 Å². The van der Waals surface area contributed by atoms with Crippen LogP contribution < -0.4 is 10.6 Å². The number of guanidine groups is 1. The van der Waals surface area contributed by atoms with Crippen LogP contribution in [0.5, 0.6) is 0 Å². The molecule has 2 fully saturated rings. The van der Waals surface area contributed by atoms with Gasteiger partial charge in [-0.1, -0.05) is 25.3 Å². The zero-order valence-electron chi connectivity index (χ0n) is 16.1. The van der Waals surface area contributed by atoms with Gasteiger partial charge in [0.25, 0.3) is 0 Å². The summed E-state index contributed by atoms with van der Waals surface area (Å²) >= 11 is 1.88. The minimum absolute atomic E-state index is 0.202. The first kappa shape index (κ1) is 19.2. The molecule has 1 aliphatic heterocycles. The Morgan fingerprint density at radius 1 is 1.38 bits per heavy atom. The number of nitrogens with one attached hydrogen (secondary N) is 2. The highest BCUT2D eigenvalue weighted by Crippen LogP contribution is 2.41. The van der Waals surface area contributed by atoms with Gasteiger partial charge in [-0.2, -0.15) is 0 Å². The van der Waals surface area contributed by atoms with Gasteiger partial charge in [-0.25, -0.2) is 0 Å². The minimum Gasteiger partial charge on any atom is -0.357 e. The Morgan fingerprint density at radius 3 is 2.85 bits per heavy atom. The molecule has 1 atom stereocenters. The van der Waals surface area contributed by atoms with Crippen molar-refractivity contribution in [1.29, 1.82) is 0 Å². The van der Waals surface area contributed by atoms with E-state index in [-0.39, 0.29) is 17.4 Å². The van der Waals surface area contributed by atoms with Crippen molar-refractivity contribution >= 4 is 23.2 Å². The van der Waals surface area contributed by atoms with Gasteiger partial charge in [0.15, 0.2) is 5.96 Å². The lowest BCUT2D eigenvalue weighted by Crippen LogP contribution is -2.52. The Balaban J connectivity index is 1.70. The molecule has 0 spiro atoms. The Kier molecular flexibility index (Phi) is 6.57. The van der Waals surface area contributed by atoms with Gasteiger partial charge in [-0.15, -0.1) is 11.3 Å². The number of hydrogen-bond donors (Lipinski definition) is 2. The molecule has 0 radical (unpaired) electrons. The van der Waals surface area contributed by atoms with Crippen LogP contribution in [0.2, 0.25) is 0 Å². The molecule has 0 aromatic carbocycles. The summed E-state index contributed by atoms with van der Waals surface area (Å²) in [5.74, 6) is 1.13. The third-order valence-electron chi connectivity index (χ3n) is 5.71. The Labute approximate surface area is 161 Å². The van der Waals surface area contributed by atoms with Gasteiger partial charge in [0.05, 0.1) is 6.54 Å². The molecule has 3 rings (SSSR count). The number of likely N-dealkylation sites (tertiary alicyclic amines) is 1. The van der Waals surface area contributed by atoms with Crippen LogP contribution in [0.25, 0.3) is 0 Å². The number of carbonyl (C=O) groups excluding carboxylic acids is 1. The van der Waals surface area contributed by atoms with E-state index in [4.69, 9.17) is 4.99 Å². The fraction of sp³-hybridized carbons (Fsp3) is 0.700. The van der Waals surface area contributed by atoms with E-state index in [2.05, 4.69) is 35.1 Å². The molecular formula is C20H32N4OS. The number of nitrogens with zero attached hydrogens (tertiary/aromatic N) is 2. The molecule has 5 nitrogen and oxygen atoms in total. The molecule has 1 aliphatic carbocycles. The molecule has 0 bridgehead atoms. The minimum atomic E-state index is 0.202.